The van der Waals surface area contributed by atoms with Crippen molar-refractivity contribution in [3.63, 3.8) is 0 Å². The molecule has 4 aromatic rings. The highest BCUT2D eigenvalue weighted by Gasteiger charge is 2.17. The second kappa shape index (κ2) is 15.2. The Balaban J connectivity index is 1.41. The molecule has 0 aliphatic rings. The molecular weight excluding hydrogens is 619 g/mol. The third kappa shape index (κ3) is 9.47. The summed E-state index contributed by atoms with van der Waals surface area (Å²) in [6, 6.07) is 27.2. The van der Waals surface area contributed by atoms with Crippen LogP contribution in [0.2, 0.25) is 10.0 Å². The smallest absolute Gasteiger partial charge is 0.272 e. The summed E-state index contributed by atoms with van der Waals surface area (Å²) < 4.78 is 0. The van der Waals surface area contributed by atoms with Gasteiger partial charge in [-0.05, 0) is 91.4 Å². The van der Waals surface area contributed by atoms with Gasteiger partial charge in [0.2, 0.25) is 11.8 Å². The van der Waals surface area contributed by atoms with Crippen molar-refractivity contribution in [1.82, 2.24) is 5.32 Å². The zero-order chi connectivity index (χ0) is 31.6. The van der Waals surface area contributed by atoms with Crippen molar-refractivity contribution < 1.29 is 19.2 Å². The molecule has 8 nitrogen and oxygen atoms in total. The Labute approximate surface area is 269 Å². The van der Waals surface area contributed by atoms with Gasteiger partial charge in [-0.2, -0.15) is 0 Å². The minimum absolute atomic E-state index is 0.0167. The van der Waals surface area contributed by atoms with Crippen molar-refractivity contribution in [3.8, 4) is 0 Å². The van der Waals surface area contributed by atoms with E-state index in [0.29, 0.717) is 38.2 Å². The van der Waals surface area contributed by atoms with E-state index < -0.39 is 17.1 Å². The topological polar surface area (TPSA) is 116 Å². The molecule has 0 radical (unpaired) electrons. The van der Waals surface area contributed by atoms with E-state index in [9.17, 15) is 19.2 Å². The van der Waals surface area contributed by atoms with Gasteiger partial charge < -0.3 is 21.3 Å². The maximum atomic E-state index is 13.3. The molecule has 4 N–H and O–H groups in total. The Morgan fingerprint density at radius 3 is 1.95 bits per heavy atom. The fourth-order valence-electron chi connectivity index (χ4n) is 3.87. The van der Waals surface area contributed by atoms with Gasteiger partial charge >= 0.3 is 0 Å². The van der Waals surface area contributed by atoms with Crippen LogP contribution >= 0.6 is 35.0 Å². The van der Waals surface area contributed by atoms with Crippen molar-refractivity contribution in [2.75, 3.05) is 16.0 Å². The van der Waals surface area contributed by atoms with Crippen LogP contribution < -0.4 is 21.3 Å². The number of nitrogens with one attached hydrogen (secondary N) is 4. The maximum absolute atomic E-state index is 13.3. The Bertz CT molecular complexity index is 1700. The molecule has 0 aliphatic heterocycles. The molecule has 4 rings (SSSR count). The number of rotatable bonds is 10. The molecule has 0 bridgehead atoms. The SMILES string of the molecule is CC(=O)Nc1ccc(NC(=O)C(C)Sc2ccc(NC(=O)/C(=C/c3ccc(Cl)cc3Cl)NC(=O)c3ccccc3)cc2)cc1. The minimum Gasteiger partial charge on any atom is -0.326 e. The molecule has 4 amide bonds. The number of thioether (sulfide) groups is 1. The molecule has 0 fully saturated rings. The summed E-state index contributed by atoms with van der Waals surface area (Å²) in [5, 5.41) is 11.3. The average molecular weight is 648 g/mol. The molecule has 11 heteroatoms. The Morgan fingerprint density at radius 2 is 1.34 bits per heavy atom. The van der Waals surface area contributed by atoms with Gasteiger partial charge in [0.1, 0.15) is 5.70 Å². The number of hydrogen-bond acceptors (Lipinski definition) is 5. The van der Waals surface area contributed by atoms with E-state index >= 15 is 0 Å². The van der Waals surface area contributed by atoms with E-state index in [1.807, 2.05) is 0 Å². The van der Waals surface area contributed by atoms with Gasteiger partial charge in [-0.3, -0.25) is 19.2 Å². The minimum atomic E-state index is -0.557. The van der Waals surface area contributed by atoms with Crippen LogP contribution in [0.3, 0.4) is 0 Å². The van der Waals surface area contributed by atoms with Gasteiger partial charge in [0, 0.05) is 44.5 Å². The molecule has 1 unspecified atom stereocenters. The second-order valence-electron chi connectivity index (χ2n) is 9.53. The first-order valence-corrected chi connectivity index (χ1v) is 15.0. The quantitative estimate of drug-likeness (QED) is 0.105. The monoisotopic (exact) mass is 646 g/mol. The Morgan fingerprint density at radius 1 is 0.750 bits per heavy atom. The largest absolute Gasteiger partial charge is 0.326 e. The standard InChI is InChI=1S/C33H28Cl2N4O4S/c1-20(31(41)37-26-12-10-25(11-13-26)36-21(2)40)44-28-16-14-27(15-17-28)38-33(43)30(18-23-8-9-24(34)19-29(23)35)39-32(42)22-6-4-3-5-7-22/h3-20H,1-2H3,(H,36,40)(H,37,41)(H,38,43)(H,39,42)/b30-18-. The van der Waals surface area contributed by atoms with Crippen LogP contribution in [-0.2, 0) is 14.4 Å². The normalized spacial score (nSPS) is 11.7. The summed E-state index contributed by atoms with van der Waals surface area (Å²) in [6.45, 7) is 3.21. The van der Waals surface area contributed by atoms with Crippen LogP contribution in [0.5, 0.6) is 0 Å². The highest BCUT2D eigenvalue weighted by atomic mass is 35.5. The maximum Gasteiger partial charge on any atom is 0.272 e. The number of amides is 4. The van der Waals surface area contributed by atoms with Crippen molar-refractivity contribution in [1.29, 1.82) is 0 Å². The predicted molar refractivity (Wildman–Crippen MR) is 178 cm³/mol. The highest BCUT2D eigenvalue weighted by molar-refractivity contribution is 8.00. The van der Waals surface area contributed by atoms with Crippen molar-refractivity contribution >= 4 is 81.7 Å². The van der Waals surface area contributed by atoms with Gasteiger partial charge in [-0.25, -0.2) is 0 Å². The van der Waals surface area contributed by atoms with Crippen molar-refractivity contribution in [3.05, 3.63) is 124 Å². The lowest BCUT2D eigenvalue weighted by atomic mass is 10.1. The van der Waals surface area contributed by atoms with E-state index in [1.165, 1.54) is 24.8 Å². The zero-order valence-electron chi connectivity index (χ0n) is 23.7. The van der Waals surface area contributed by atoms with Crippen LogP contribution in [0.25, 0.3) is 6.08 Å². The van der Waals surface area contributed by atoms with Gasteiger partial charge in [-0.15, -0.1) is 11.8 Å². The molecule has 0 heterocycles. The number of carbonyl (C=O) groups excluding carboxylic acids is 4. The first kappa shape index (κ1) is 32.3. The summed E-state index contributed by atoms with van der Waals surface area (Å²) in [4.78, 5) is 50.9. The average Bonchev–Trinajstić information content (AvgIpc) is 3.00. The van der Waals surface area contributed by atoms with Gasteiger partial charge in [0.05, 0.1) is 5.25 Å². The fraction of sp³-hybridized carbons (Fsp3) is 0.0909. The number of carbonyl (C=O) groups is 4. The number of anilines is 3. The van der Waals surface area contributed by atoms with E-state index in [2.05, 4.69) is 21.3 Å². The van der Waals surface area contributed by atoms with Crippen molar-refractivity contribution in [2.24, 2.45) is 0 Å². The molecule has 0 aromatic heterocycles. The third-order valence-corrected chi connectivity index (χ3v) is 7.73. The number of benzene rings is 4. The highest BCUT2D eigenvalue weighted by Crippen LogP contribution is 2.27. The van der Waals surface area contributed by atoms with Gasteiger partial charge in [0.25, 0.3) is 11.8 Å². The van der Waals surface area contributed by atoms with E-state index in [1.54, 1.807) is 104 Å². The first-order chi connectivity index (χ1) is 21.1. The van der Waals surface area contributed by atoms with Crippen LogP contribution in [0.4, 0.5) is 17.1 Å². The lowest BCUT2D eigenvalue weighted by Crippen LogP contribution is -2.30. The fourth-order valence-corrected chi connectivity index (χ4v) is 5.20. The Hall–Kier alpha value is -4.57. The van der Waals surface area contributed by atoms with E-state index in [4.69, 9.17) is 23.2 Å². The summed E-state index contributed by atoms with van der Waals surface area (Å²) in [5.41, 5.74) is 2.60. The molecule has 44 heavy (non-hydrogen) atoms. The number of hydrogen-bond donors (Lipinski definition) is 4. The summed E-state index contributed by atoms with van der Waals surface area (Å²) in [7, 11) is 0. The zero-order valence-corrected chi connectivity index (χ0v) is 26.0. The van der Waals surface area contributed by atoms with Gasteiger partial charge in [-0.1, -0.05) is 47.5 Å². The molecule has 1 atom stereocenters. The first-order valence-electron chi connectivity index (χ1n) is 13.4. The molecule has 0 spiro atoms. The van der Waals surface area contributed by atoms with Crippen LogP contribution in [0, 0.1) is 0 Å². The predicted octanol–water partition coefficient (Wildman–Crippen LogP) is 7.48. The number of halogens is 2. The Kier molecular flexibility index (Phi) is 11.2. The molecule has 0 saturated heterocycles. The lowest BCUT2D eigenvalue weighted by molar-refractivity contribution is -0.115. The molecular formula is C33H28Cl2N4O4S. The van der Waals surface area contributed by atoms with E-state index in [-0.39, 0.29) is 17.5 Å². The van der Waals surface area contributed by atoms with Gasteiger partial charge in [0.15, 0.2) is 0 Å². The van der Waals surface area contributed by atoms with Crippen molar-refractivity contribution in [2.45, 2.75) is 24.0 Å². The summed E-state index contributed by atoms with van der Waals surface area (Å²) in [5.74, 6) is -1.38. The summed E-state index contributed by atoms with van der Waals surface area (Å²) in [6.07, 6.45) is 1.48. The van der Waals surface area contributed by atoms with Crippen LogP contribution in [0.15, 0.2) is 108 Å². The molecule has 4 aromatic carbocycles. The van der Waals surface area contributed by atoms with Crippen LogP contribution in [0.1, 0.15) is 29.8 Å². The molecule has 0 aliphatic carbocycles. The molecule has 224 valence electrons. The van der Waals surface area contributed by atoms with E-state index in [0.717, 1.165) is 4.90 Å². The lowest BCUT2D eigenvalue weighted by Gasteiger charge is -2.14. The molecule has 0 saturated carbocycles. The summed E-state index contributed by atoms with van der Waals surface area (Å²) >= 11 is 13.7. The third-order valence-electron chi connectivity index (χ3n) is 6.06. The second-order valence-corrected chi connectivity index (χ2v) is 11.8. The van der Waals surface area contributed by atoms with Crippen LogP contribution in [-0.4, -0.2) is 28.9 Å².